The topological polar surface area (TPSA) is 59.8 Å². The molecule has 1 aliphatic rings. The average Bonchev–Trinajstić information content (AvgIpc) is 3.21. The Labute approximate surface area is 148 Å². The highest BCUT2D eigenvalue weighted by Gasteiger charge is 2.20. The molecule has 6 heteroatoms. The van der Waals surface area contributed by atoms with E-state index in [4.69, 9.17) is 4.98 Å². The molecule has 0 aliphatic carbocycles. The van der Waals surface area contributed by atoms with Crippen LogP contribution in [-0.4, -0.2) is 20.4 Å². The van der Waals surface area contributed by atoms with E-state index in [2.05, 4.69) is 10.3 Å². The van der Waals surface area contributed by atoms with Gasteiger partial charge in [-0.1, -0.05) is 0 Å². The first kappa shape index (κ1) is 14.8. The standard InChI is InChI=1S/C20H13FN4O/c21-14-2-4-15(5-3-14)25-18-11-22-8-7-17(18)24-20(25)12-1-6-16-13(9-12)10-19(26)23-16/h1-9,11H,10H2,(H,23,26). The lowest BCUT2D eigenvalue weighted by Gasteiger charge is -2.10. The molecule has 126 valence electrons. The van der Waals surface area contributed by atoms with Crippen LogP contribution in [-0.2, 0) is 11.2 Å². The number of aromatic nitrogens is 3. The van der Waals surface area contributed by atoms with Crippen LogP contribution in [0.3, 0.4) is 0 Å². The van der Waals surface area contributed by atoms with E-state index in [9.17, 15) is 9.18 Å². The number of carbonyl (C=O) groups is 1. The van der Waals surface area contributed by atoms with Crippen molar-refractivity contribution in [2.24, 2.45) is 0 Å². The number of nitrogens with zero attached hydrogens (tertiary/aromatic N) is 3. The molecule has 1 N–H and O–H groups in total. The minimum absolute atomic E-state index is 0.00612. The summed E-state index contributed by atoms with van der Waals surface area (Å²) in [6.45, 7) is 0. The SMILES string of the molecule is O=C1Cc2cc(-c3nc4ccncc4n3-c3ccc(F)cc3)ccc2N1. The number of amides is 1. The number of carbonyl (C=O) groups excluding carboxylic acids is 1. The quantitative estimate of drug-likeness (QED) is 0.603. The molecule has 0 fully saturated rings. The summed E-state index contributed by atoms with van der Waals surface area (Å²) < 4.78 is 15.3. The average molecular weight is 344 g/mol. The summed E-state index contributed by atoms with van der Waals surface area (Å²) >= 11 is 0. The van der Waals surface area contributed by atoms with Crippen molar-refractivity contribution in [2.75, 3.05) is 5.32 Å². The molecule has 0 spiro atoms. The fourth-order valence-corrected chi connectivity index (χ4v) is 3.34. The molecule has 0 radical (unpaired) electrons. The van der Waals surface area contributed by atoms with Crippen molar-refractivity contribution in [3.63, 3.8) is 0 Å². The van der Waals surface area contributed by atoms with Crippen molar-refractivity contribution < 1.29 is 9.18 Å². The summed E-state index contributed by atoms with van der Waals surface area (Å²) in [5.41, 5.74) is 5.11. The third-order valence-electron chi connectivity index (χ3n) is 4.53. The maximum Gasteiger partial charge on any atom is 0.228 e. The highest BCUT2D eigenvalue weighted by Crippen LogP contribution is 2.32. The van der Waals surface area contributed by atoms with Crippen molar-refractivity contribution in [3.05, 3.63) is 72.3 Å². The zero-order chi connectivity index (χ0) is 17.7. The Morgan fingerprint density at radius 1 is 1.08 bits per heavy atom. The second kappa shape index (κ2) is 5.49. The first-order valence-corrected chi connectivity index (χ1v) is 8.20. The van der Waals surface area contributed by atoms with Crippen molar-refractivity contribution in [2.45, 2.75) is 6.42 Å². The third kappa shape index (κ3) is 2.27. The molecule has 5 rings (SSSR count). The van der Waals surface area contributed by atoms with Gasteiger partial charge in [0.05, 0.1) is 23.7 Å². The van der Waals surface area contributed by atoms with Gasteiger partial charge >= 0.3 is 0 Å². The highest BCUT2D eigenvalue weighted by molar-refractivity contribution is 5.99. The molecule has 3 heterocycles. The summed E-state index contributed by atoms with van der Waals surface area (Å²) in [6, 6.07) is 13.9. The first-order valence-electron chi connectivity index (χ1n) is 8.20. The molecule has 2 aromatic heterocycles. The van der Waals surface area contributed by atoms with E-state index in [1.54, 1.807) is 24.5 Å². The Bertz CT molecular complexity index is 1160. The number of pyridine rings is 1. The Morgan fingerprint density at radius 2 is 1.92 bits per heavy atom. The van der Waals surface area contributed by atoms with E-state index < -0.39 is 0 Å². The van der Waals surface area contributed by atoms with Crippen LogP contribution in [0, 0.1) is 5.82 Å². The van der Waals surface area contributed by atoms with Gasteiger partial charge in [0.2, 0.25) is 5.91 Å². The number of fused-ring (bicyclic) bond motifs is 2. The second-order valence-electron chi connectivity index (χ2n) is 6.21. The fourth-order valence-electron chi connectivity index (χ4n) is 3.34. The minimum atomic E-state index is -0.292. The van der Waals surface area contributed by atoms with Crippen molar-refractivity contribution in [3.8, 4) is 17.1 Å². The number of hydrogen-bond donors (Lipinski definition) is 1. The van der Waals surface area contributed by atoms with Gasteiger partial charge in [-0.15, -0.1) is 0 Å². The lowest BCUT2D eigenvalue weighted by atomic mass is 10.1. The van der Waals surface area contributed by atoms with Crippen molar-refractivity contribution in [1.82, 2.24) is 14.5 Å². The summed E-state index contributed by atoms with van der Waals surface area (Å²) in [5.74, 6) is 0.426. The summed E-state index contributed by atoms with van der Waals surface area (Å²) in [7, 11) is 0. The Morgan fingerprint density at radius 3 is 2.77 bits per heavy atom. The van der Waals surface area contributed by atoms with Crippen LogP contribution in [0.5, 0.6) is 0 Å². The van der Waals surface area contributed by atoms with E-state index in [1.807, 2.05) is 28.8 Å². The number of imidazole rings is 1. The van der Waals surface area contributed by atoms with Gasteiger partial charge in [0.25, 0.3) is 0 Å². The van der Waals surface area contributed by atoms with Crippen LogP contribution in [0.15, 0.2) is 60.9 Å². The molecule has 0 saturated heterocycles. The van der Waals surface area contributed by atoms with Crippen LogP contribution >= 0.6 is 0 Å². The summed E-state index contributed by atoms with van der Waals surface area (Å²) in [5, 5.41) is 2.84. The molecule has 1 aliphatic heterocycles. The molecule has 0 bridgehead atoms. The van der Waals surface area contributed by atoms with E-state index in [0.29, 0.717) is 6.42 Å². The largest absolute Gasteiger partial charge is 0.326 e. The molecular weight excluding hydrogens is 331 g/mol. The van der Waals surface area contributed by atoms with Crippen molar-refractivity contribution >= 4 is 22.6 Å². The Hall–Kier alpha value is -3.54. The Kier molecular flexibility index (Phi) is 3.12. The molecule has 2 aromatic carbocycles. The molecule has 0 saturated carbocycles. The number of anilines is 1. The van der Waals surface area contributed by atoms with Crippen LogP contribution in [0.4, 0.5) is 10.1 Å². The summed E-state index contributed by atoms with van der Waals surface area (Å²) in [6.07, 6.45) is 3.80. The lowest BCUT2D eigenvalue weighted by Crippen LogP contribution is -2.03. The van der Waals surface area contributed by atoms with Gasteiger partial charge in [0.15, 0.2) is 0 Å². The van der Waals surface area contributed by atoms with Gasteiger partial charge in [-0.05, 0) is 54.1 Å². The maximum absolute atomic E-state index is 13.4. The second-order valence-corrected chi connectivity index (χ2v) is 6.21. The normalized spacial score (nSPS) is 13.0. The number of benzene rings is 2. The van der Waals surface area contributed by atoms with Crippen LogP contribution in [0.2, 0.25) is 0 Å². The molecule has 1 amide bonds. The predicted molar refractivity (Wildman–Crippen MR) is 96.6 cm³/mol. The Balaban J connectivity index is 1.76. The van der Waals surface area contributed by atoms with Gasteiger partial charge in [0.1, 0.15) is 11.6 Å². The van der Waals surface area contributed by atoms with E-state index >= 15 is 0 Å². The minimum Gasteiger partial charge on any atom is -0.326 e. The zero-order valence-corrected chi connectivity index (χ0v) is 13.6. The number of nitrogens with one attached hydrogen (secondary N) is 1. The molecule has 5 nitrogen and oxygen atoms in total. The highest BCUT2D eigenvalue weighted by atomic mass is 19.1. The molecule has 4 aromatic rings. The lowest BCUT2D eigenvalue weighted by molar-refractivity contribution is -0.115. The number of hydrogen-bond acceptors (Lipinski definition) is 3. The monoisotopic (exact) mass is 344 g/mol. The zero-order valence-electron chi connectivity index (χ0n) is 13.6. The van der Waals surface area contributed by atoms with Gasteiger partial charge < -0.3 is 5.32 Å². The predicted octanol–water partition coefficient (Wildman–Crippen LogP) is 3.72. The van der Waals surface area contributed by atoms with Crippen molar-refractivity contribution in [1.29, 1.82) is 0 Å². The molecular formula is C20H13FN4O. The third-order valence-corrected chi connectivity index (χ3v) is 4.53. The fraction of sp³-hybridized carbons (Fsp3) is 0.0500. The van der Waals surface area contributed by atoms with E-state index in [1.165, 1.54) is 12.1 Å². The van der Waals surface area contributed by atoms with Crippen LogP contribution in [0.1, 0.15) is 5.56 Å². The van der Waals surface area contributed by atoms with Crippen LogP contribution < -0.4 is 5.32 Å². The molecule has 0 atom stereocenters. The van der Waals surface area contributed by atoms with E-state index in [-0.39, 0.29) is 11.7 Å². The van der Waals surface area contributed by atoms with Gasteiger partial charge in [-0.2, -0.15) is 0 Å². The first-order chi connectivity index (χ1) is 12.7. The smallest absolute Gasteiger partial charge is 0.228 e. The molecule has 0 unspecified atom stereocenters. The maximum atomic E-state index is 13.4. The number of rotatable bonds is 2. The van der Waals surface area contributed by atoms with E-state index in [0.717, 1.165) is 39.4 Å². The van der Waals surface area contributed by atoms with Crippen LogP contribution in [0.25, 0.3) is 28.1 Å². The summed E-state index contributed by atoms with van der Waals surface area (Å²) in [4.78, 5) is 20.6. The van der Waals surface area contributed by atoms with Gasteiger partial charge in [-0.25, -0.2) is 9.37 Å². The number of halogens is 1. The van der Waals surface area contributed by atoms with Gasteiger partial charge in [-0.3, -0.25) is 14.3 Å². The molecule has 26 heavy (non-hydrogen) atoms. The van der Waals surface area contributed by atoms with Gasteiger partial charge in [0, 0.05) is 23.1 Å².